The van der Waals surface area contributed by atoms with E-state index < -0.39 is 5.60 Å². The van der Waals surface area contributed by atoms with Gasteiger partial charge in [-0.2, -0.15) is 0 Å². The summed E-state index contributed by atoms with van der Waals surface area (Å²) in [5.74, 6) is 0.891. The van der Waals surface area contributed by atoms with Crippen LogP contribution in [0, 0.1) is 0 Å². The molecule has 0 saturated heterocycles. The number of nitrogens with one attached hydrogen (secondary N) is 1. The number of nitrogens with zero attached hydrogens (tertiary/aromatic N) is 2. The number of allylic oxidation sites excluding steroid dienone is 1. The molecule has 0 aliphatic heterocycles. The SMILES string of the molecule is C=CCCCN(C)C(=NCC1(O)CCC1)NCC. The second-order valence-electron chi connectivity index (χ2n) is 5.10. The fourth-order valence-corrected chi connectivity index (χ4v) is 2.01. The molecule has 1 saturated carbocycles. The second kappa shape index (κ2) is 7.41. The summed E-state index contributed by atoms with van der Waals surface area (Å²) in [4.78, 5) is 6.66. The molecule has 0 atom stereocenters. The Balaban J connectivity index is 2.45. The Kier molecular flexibility index (Phi) is 6.19. The minimum absolute atomic E-state index is 0.515. The van der Waals surface area contributed by atoms with Crippen LogP contribution in [0.2, 0.25) is 0 Å². The average molecular weight is 253 g/mol. The molecule has 1 aliphatic rings. The van der Waals surface area contributed by atoms with E-state index in [1.807, 2.05) is 13.1 Å². The maximum atomic E-state index is 10.1. The third-order valence-corrected chi connectivity index (χ3v) is 3.41. The summed E-state index contributed by atoms with van der Waals surface area (Å²) in [5, 5.41) is 13.3. The molecule has 4 nitrogen and oxygen atoms in total. The molecular formula is C14H27N3O. The molecule has 0 radical (unpaired) electrons. The highest BCUT2D eigenvalue weighted by Gasteiger charge is 2.34. The van der Waals surface area contributed by atoms with Crippen LogP contribution in [0.25, 0.3) is 0 Å². The van der Waals surface area contributed by atoms with E-state index in [1.165, 1.54) is 0 Å². The lowest BCUT2D eigenvalue weighted by atomic mass is 9.80. The Morgan fingerprint density at radius 3 is 2.78 bits per heavy atom. The van der Waals surface area contributed by atoms with Crippen LogP contribution in [-0.4, -0.2) is 48.2 Å². The number of unbranched alkanes of at least 4 members (excludes halogenated alkanes) is 1. The highest BCUT2D eigenvalue weighted by Crippen LogP contribution is 2.31. The normalized spacial score (nSPS) is 18.1. The van der Waals surface area contributed by atoms with E-state index in [9.17, 15) is 5.11 Å². The van der Waals surface area contributed by atoms with Crippen LogP contribution in [0.5, 0.6) is 0 Å². The van der Waals surface area contributed by atoms with Crippen molar-refractivity contribution in [2.24, 2.45) is 4.99 Å². The summed E-state index contributed by atoms with van der Waals surface area (Å²) in [5.41, 5.74) is -0.539. The van der Waals surface area contributed by atoms with Gasteiger partial charge in [0, 0.05) is 20.1 Å². The Labute approximate surface area is 111 Å². The Hall–Kier alpha value is -1.03. The van der Waals surface area contributed by atoms with Crippen LogP contribution in [0.4, 0.5) is 0 Å². The van der Waals surface area contributed by atoms with Gasteiger partial charge in [-0.15, -0.1) is 6.58 Å². The summed E-state index contributed by atoms with van der Waals surface area (Å²) < 4.78 is 0. The lowest BCUT2D eigenvalue weighted by Crippen LogP contribution is -2.44. The first-order valence-electron chi connectivity index (χ1n) is 6.94. The molecule has 4 heteroatoms. The zero-order valence-corrected chi connectivity index (χ0v) is 11.8. The van der Waals surface area contributed by atoms with E-state index in [4.69, 9.17) is 0 Å². The molecule has 0 spiro atoms. The quantitative estimate of drug-likeness (QED) is 0.315. The molecule has 1 fully saturated rings. The van der Waals surface area contributed by atoms with Gasteiger partial charge >= 0.3 is 0 Å². The van der Waals surface area contributed by atoms with Gasteiger partial charge in [0.1, 0.15) is 0 Å². The molecule has 0 aromatic carbocycles. The fraction of sp³-hybridized carbons (Fsp3) is 0.786. The van der Waals surface area contributed by atoms with Crippen LogP contribution in [0.3, 0.4) is 0 Å². The summed E-state index contributed by atoms with van der Waals surface area (Å²) in [6, 6.07) is 0. The smallest absolute Gasteiger partial charge is 0.193 e. The number of hydrogen-bond donors (Lipinski definition) is 2. The van der Waals surface area contributed by atoms with Crippen molar-refractivity contribution >= 4 is 5.96 Å². The molecule has 0 aromatic rings. The summed E-state index contributed by atoms with van der Waals surface area (Å²) in [6.07, 6.45) is 6.93. The molecule has 1 aliphatic carbocycles. The van der Waals surface area contributed by atoms with Gasteiger partial charge in [0.2, 0.25) is 0 Å². The number of guanidine groups is 1. The molecule has 1 rings (SSSR count). The molecule has 2 N–H and O–H groups in total. The first-order valence-corrected chi connectivity index (χ1v) is 6.94. The van der Waals surface area contributed by atoms with Crippen LogP contribution in [0.15, 0.2) is 17.6 Å². The van der Waals surface area contributed by atoms with E-state index >= 15 is 0 Å². The molecular weight excluding hydrogens is 226 g/mol. The largest absolute Gasteiger partial charge is 0.388 e. The predicted molar refractivity (Wildman–Crippen MR) is 76.8 cm³/mol. The van der Waals surface area contributed by atoms with Crippen molar-refractivity contribution < 1.29 is 5.11 Å². The van der Waals surface area contributed by atoms with Crippen molar-refractivity contribution in [3.8, 4) is 0 Å². The Morgan fingerprint density at radius 1 is 1.56 bits per heavy atom. The maximum Gasteiger partial charge on any atom is 0.193 e. The Morgan fingerprint density at radius 2 is 2.28 bits per heavy atom. The number of rotatable bonds is 7. The first kappa shape index (κ1) is 15.0. The predicted octanol–water partition coefficient (Wildman–Crippen LogP) is 1.76. The fourth-order valence-electron chi connectivity index (χ4n) is 2.01. The topological polar surface area (TPSA) is 47.9 Å². The van der Waals surface area contributed by atoms with Gasteiger partial charge < -0.3 is 15.3 Å². The van der Waals surface area contributed by atoms with Crippen LogP contribution in [-0.2, 0) is 0 Å². The summed E-state index contributed by atoms with van der Waals surface area (Å²) in [6.45, 7) is 8.11. The highest BCUT2D eigenvalue weighted by atomic mass is 16.3. The third kappa shape index (κ3) is 4.69. The van der Waals surface area contributed by atoms with E-state index in [1.54, 1.807) is 0 Å². The Bertz CT molecular complexity index is 285. The van der Waals surface area contributed by atoms with Gasteiger partial charge in [0.05, 0.1) is 12.1 Å². The van der Waals surface area contributed by atoms with Gasteiger partial charge in [0.15, 0.2) is 5.96 Å². The molecule has 0 bridgehead atoms. The zero-order chi connectivity index (χ0) is 13.4. The molecule has 104 valence electrons. The van der Waals surface area contributed by atoms with E-state index in [0.717, 1.165) is 51.2 Å². The van der Waals surface area contributed by atoms with Crippen molar-refractivity contribution in [3.05, 3.63) is 12.7 Å². The lowest BCUT2D eigenvalue weighted by Gasteiger charge is -2.35. The lowest BCUT2D eigenvalue weighted by molar-refractivity contribution is -0.0237. The van der Waals surface area contributed by atoms with Gasteiger partial charge in [-0.25, -0.2) is 0 Å². The van der Waals surface area contributed by atoms with E-state index in [-0.39, 0.29) is 0 Å². The molecule has 0 unspecified atom stereocenters. The molecule has 0 aromatic heterocycles. The van der Waals surface area contributed by atoms with Crippen molar-refractivity contribution in [1.29, 1.82) is 0 Å². The van der Waals surface area contributed by atoms with Gasteiger partial charge in [0.25, 0.3) is 0 Å². The third-order valence-electron chi connectivity index (χ3n) is 3.41. The van der Waals surface area contributed by atoms with Crippen molar-refractivity contribution in [2.45, 2.75) is 44.6 Å². The van der Waals surface area contributed by atoms with Crippen molar-refractivity contribution in [3.63, 3.8) is 0 Å². The second-order valence-corrected chi connectivity index (χ2v) is 5.10. The monoisotopic (exact) mass is 253 g/mol. The average Bonchev–Trinajstić information content (AvgIpc) is 2.32. The first-order chi connectivity index (χ1) is 8.61. The van der Waals surface area contributed by atoms with Crippen molar-refractivity contribution in [2.75, 3.05) is 26.7 Å². The van der Waals surface area contributed by atoms with Gasteiger partial charge in [-0.3, -0.25) is 4.99 Å². The van der Waals surface area contributed by atoms with Crippen LogP contribution >= 0.6 is 0 Å². The van der Waals surface area contributed by atoms with Crippen LogP contribution in [0.1, 0.15) is 39.0 Å². The van der Waals surface area contributed by atoms with Crippen molar-refractivity contribution in [1.82, 2.24) is 10.2 Å². The minimum atomic E-state index is -0.539. The molecule has 0 amide bonds. The highest BCUT2D eigenvalue weighted by molar-refractivity contribution is 5.79. The molecule has 18 heavy (non-hydrogen) atoms. The number of aliphatic hydroxyl groups is 1. The number of aliphatic imine (C=N–C) groups is 1. The zero-order valence-electron chi connectivity index (χ0n) is 11.8. The van der Waals surface area contributed by atoms with Gasteiger partial charge in [-0.05, 0) is 39.0 Å². The maximum absolute atomic E-state index is 10.1. The van der Waals surface area contributed by atoms with Crippen LogP contribution < -0.4 is 5.32 Å². The van der Waals surface area contributed by atoms with Gasteiger partial charge in [-0.1, -0.05) is 6.08 Å². The standard InChI is InChI=1S/C14H27N3O/c1-4-6-7-11-17(3)13(15-5-2)16-12-14(18)9-8-10-14/h4,18H,1,5-12H2,2-3H3,(H,15,16). The molecule has 0 heterocycles. The summed E-state index contributed by atoms with van der Waals surface area (Å²) in [7, 11) is 2.04. The summed E-state index contributed by atoms with van der Waals surface area (Å²) >= 11 is 0. The van der Waals surface area contributed by atoms with E-state index in [0.29, 0.717) is 6.54 Å². The van der Waals surface area contributed by atoms with E-state index in [2.05, 4.69) is 28.7 Å². The minimum Gasteiger partial charge on any atom is -0.388 e. The number of hydrogen-bond acceptors (Lipinski definition) is 2.